The minimum absolute atomic E-state index is 0.255. The van der Waals surface area contributed by atoms with Gasteiger partial charge in [-0.25, -0.2) is 0 Å². The predicted molar refractivity (Wildman–Crippen MR) is 36.6 cm³/mol. The van der Waals surface area contributed by atoms with Gasteiger partial charge in [-0.3, -0.25) is 4.79 Å². The number of hydrogen-bond acceptors (Lipinski definition) is 2. The van der Waals surface area contributed by atoms with Gasteiger partial charge in [-0.05, 0) is 13.1 Å². The fourth-order valence-electron chi connectivity index (χ4n) is 0.194. The monoisotopic (exact) mass is 129 g/mol. The summed E-state index contributed by atoms with van der Waals surface area (Å²) in [5.41, 5.74) is 0. The zero-order chi connectivity index (χ0) is 6.57. The zero-order valence-electron chi connectivity index (χ0n) is 4.60. The highest BCUT2D eigenvalue weighted by Gasteiger charge is 1.96. The van der Waals surface area contributed by atoms with Crippen molar-refractivity contribution in [2.45, 2.75) is 6.92 Å². The second-order valence-corrected chi connectivity index (χ2v) is 1.85. The van der Waals surface area contributed by atoms with Gasteiger partial charge in [0.15, 0.2) is 0 Å². The second kappa shape index (κ2) is 3.32. The molecule has 1 N–H and O–H groups in total. The Labute approximate surface area is 53.6 Å². The fraction of sp³-hybridized carbons (Fsp3) is 0.200. The average Bonchev–Trinajstić information content (AvgIpc) is 1.67. The van der Waals surface area contributed by atoms with Gasteiger partial charge in [0.25, 0.3) is 5.91 Å². The van der Waals surface area contributed by atoms with Crippen molar-refractivity contribution in [2.75, 3.05) is 0 Å². The van der Waals surface area contributed by atoms with Crippen molar-refractivity contribution in [3.05, 3.63) is 12.8 Å². The van der Waals surface area contributed by atoms with E-state index in [2.05, 4.69) is 24.1 Å². The Bertz CT molecular complexity index is 130. The quantitative estimate of drug-likeness (QED) is 0.554. The maximum absolute atomic E-state index is 10.4. The highest BCUT2D eigenvalue weighted by atomic mass is 32.1. The highest BCUT2D eigenvalue weighted by molar-refractivity contribution is 7.82. The number of carbonyl (C=O) groups excluding carboxylic acids is 1. The molecule has 0 aliphatic carbocycles. The first-order valence-electron chi connectivity index (χ1n) is 2.11. The van der Waals surface area contributed by atoms with Crippen LogP contribution in [0.4, 0.5) is 0 Å². The number of rotatable bonds is 2. The second-order valence-electron chi connectivity index (χ2n) is 1.23. The van der Waals surface area contributed by atoms with Crippen molar-refractivity contribution in [1.29, 1.82) is 0 Å². The molecule has 0 spiro atoms. The molecule has 1 amide bonds. The molecule has 3 heteroatoms. The van der Waals surface area contributed by atoms with E-state index in [1.807, 2.05) is 0 Å². The first kappa shape index (κ1) is 7.30. The number of hydrogen-bond donors (Lipinski definition) is 1. The Morgan fingerprint density at radius 1 is 1.88 bits per heavy atom. The molecule has 0 heterocycles. The smallest absolute Gasteiger partial charge is 0.261 e. The molecule has 8 heavy (non-hydrogen) atoms. The predicted octanol–water partition coefficient (Wildman–Crippen LogP) is 0.636. The van der Waals surface area contributed by atoms with E-state index in [9.17, 15) is 4.79 Å². The summed E-state index contributed by atoms with van der Waals surface area (Å²) in [6, 6.07) is 0. The molecular weight excluding hydrogens is 122 g/mol. The van der Waals surface area contributed by atoms with Gasteiger partial charge in [0, 0.05) is 0 Å². The number of carbonyl (C=O) groups is 1. The van der Waals surface area contributed by atoms with Gasteiger partial charge in [-0.15, -0.1) is 0 Å². The SMILES string of the molecule is C=CNC(=O)C(C)=S. The molecule has 44 valence electrons. The lowest BCUT2D eigenvalue weighted by atomic mass is 10.4. The third kappa shape index (κ3) is 2.47. The van der Waals surface area contributed by atoms with Crippen LogP contribution in [0, 0.1) is 0 Å². The van der Waals surface area contributed by atoms with Crippen molar-refractivity contribution >= 4 is 23.0 Å². The Hall–Kier alpha value is -0.700. The van der Waals surface area contributed by atoms with E-state index in [0.29, 0.717) is 4.86 Å². The van der Waals surface area contributed by atoms with E-state index in [1.54, 1.807) is 6.92 Å². The minimum Gasteiger partial charge on any atom is -0.329 e. The van der Waals surface area contributed by atoms with Crippen LogP contribution in [0.5, 0.6) is 0 Å². The van der Waals surface area contributed by atoms with Crippen molar-refractivity contribution < 1.29 is 4.79 Å². The molecule has 0 unspecified atom stereocenters. The normalized spacial score (nSPS) is 7.62. The fourth-order valence-corrected chi connectivity index (χ4v) is 0.253. The third-order valence-electron chi connectivity index (χ3n) is 0.553. The molecule has 0 aromatic heterocycles. The molecule has 0 bridgehead atoms. The molecule has 2 nitrogen and oxygen atoms in total. The summed E-state index contributed by atoms with van der Waals surface area (Å²) in [5.74, 6) is -0.255. The maximum atomic E-state index is 10.4. The molecule has 0 aromatic rings. The van der Waals surface area contributed by atoms with Crippen molar-refractivity contribution in [3.63, 3.8) is 0 Å². The molecule has 0 atom stereocenters. The van der Waals surface area contributed by atoms with Crippen LogP contribution in [0.25, 0.3) is 0 Å². The third-order valence-corrected chi connectivity index (χ3v) is 0.738. The van der Waals surface area contributed by atoms with E-state index in [-0.39, 0.29) is 5.91 Å². The summed E-state index contributed by atoms with van der Waals surface area (Å²) < 4.78 is 0. The standard InChI is InChI=1S/C5H7NOS/c1-3-6-5(7)4(2)8/h3H,1H2,2H3,(H,6,7). The highest BCUT2D eigenvalue weighted by Crippen LogP contribution is 1.72. The summed E-state index contributed by atoms with van der Waals surface area (Å²) in [6.07, 6.45) is 1.30. The summed E-state index contributed by atoms with van der Waals surface area (Å²) in [4.78, 5) is 10.7. The van der Waals surface area contributed by atoms with Crippen LogP contribution in [0.1, 0.15) is 6.92 Å². The summed E-state index contributed by atoms with van der Waals surface area (Å²) in [5, 5.41) is 2.33. The lowest BCUT2D eigenvalue weighted by Gasteiger charge is -1.91. The van der Waals surface area contributed by atoms with Gasteiger partial charge in [-0.2, -0.15) is 0 Å². The first-order chi connectivity index (χ1) is 3.68. The zero-order valence-corrected chi connectivity index (χ0v) is 5.42. The Kier molecular flexibility index (Phi) is 3.03. The van der Waals surface area contributed by atoms with Gasteiger partial charge in [0.05, 0.1) is 4.86 Å². The molecule has 0 fully saturated rings. The van der Waals surface area contributed by atoms with E-state index in [4.69, 9.17) is 0 Å². The number of nitrogens with one attached hydrogen (secondary N) is 1. The van der Waals surface area contributed by atoms with Crippen LogP contribution in [0.3, 0.4) is 0 Å². The van der Waals surface area contributed by atoms with Crippen LogP contribution in [-0.4, -0.2) is 10.8 Å². The summed E-state index contributed by atoms with van der Waals surface area (Å²) in [7, 11) is 0. The number of amides is 1. The Balaban J connectivity index is 3.65. The van der Waals surface area contributed by atoms with Crippen LogP contribution in [0.2, 0.25) is 0 Å². The topological polar surface area (TPSA) is 29.1 Å². The van der Waals surface area contributed by atoms with Gasteiger partial charge in [0.2, 0.25) is 0 Å². The summed E-state index contributed by atoms with van der Waals surface area (Å²) in [6.45, 7) is 4.86. The molecular formula is C5H7NOS. The first-order valence-corrected chi connectivity index (χ1v) is 2.51. The molecule has 0 saturated carbocycles. The van der Waals surface area contributed by atoms with Gasteiger partial charge < -0.3 is 5.32 Å². The maximum Gasteiger partial charge on any atom is 0.261 e. The van der Waals surface area contributed by atoms with Crippen molar-refractivity contribution in [1.82, 2.24) is 5.32 Å². The van der Waals surface area contributed by atoms with E-state index in [1.165, 1.54) is 6.20 Å². The number of thiocarbonyl (C=S) groups is 1. The molecule has 0 saturated heterocycles. The van der Waals surface area contributed by atoms with Crippen molar-refractivity contribution in [2.24, 2.45) is 0 Å². The Morgan fingerprint density at radius 3 is 2.50 bits per heavy atom. The van der Waals surface area contributed by atoms with Gasteiger partial charge in [0.1, 0.15) is 0 Å². The lowest BCUT2D eigenvalue weighted by molar-refractivity contribution is -0.113. The van der Waals surface area contributed by atoms with Crippen LogP contribution in [-0.2, 0) is 4.79 Å². The van der Waals surface area contributed by atoms with Crippen LogP contribution in [0.15, 0.2) is 12.8 Å². The minimum atomic E-state index is -0.255. The molecule has 0 rings (SSSR count). The van der Waals surface area contributed by atoms with Crippen molar-refractivity contribution in [3.8, 4) is 0 Å². The molecule has 0 aliphatic heterocycles. The Morgan fingerprint density at radius 2 is 2.38 bits per heavy atom. The average molecular weight is 129 g/mol. The lowest BCUT2D eigenvalue weighted by Crippen LogP contribution is -2.22. The molecule has 0 radical (unpaired) electrons. The molecule has 0 aliphatic rings. The van der Waals surface area contributed by atoms with Gasteiger partial charge >= 0.3 is 0 Å². The summed E-state index contributed by atoms with van der Waals surface area (Å²) >= 11 is 4.52. The van der Waals surface area contributed by atoms with E-state index in [0.717, 1.165) is 0 Å². The largest absolute Gasteiger partial charge is 0.329 e. The van der Waals surface area contributed by atoms with E-state index < -0.39 is 0 Å². The van der Waals surface area contributed by atoms with Crippen LogP contribution >= 0.6 is 12.2 Å². The van der Waals surface area contributed by atoms with Gasteiger partial charge in [-0.1, -0.05) is 18.8 Å². The van der Waals surface area contributed by atoms with E-state index >= 15 is 0 Å². The molecule has 0 aromatic carbocycles. The van der Waals surface area contributed by atoms with Crippen LogP contribution < -0.4 is 5.32 Å².